The summed E-state index contributed by atoms with van der Waals surface area (Å²) in [6.45, 7) is 7.73. The zero-order valence-electron chi connectivity index (χ0n) is 18.7. The van der Waals surface area contributed by atoms with Crippen molar-refractivity contribution in [1.29, 1.82) is 0 Å². The number of amides is 1. The molecule has 2 aromatic heterocycles. The third-order valence-corrected chi connectivity index (χ3v) is 7.12. The molecule has 5 rings (SSSR count). The summed E-state index contributed by atoms with van der Waals surface area (Å²) in [6.07, 6.45) is 7.10. The molecule has 32 heavy (non-hydrogen) atoms. The Labute approximate surface area is 187 Å². The molecule has 1 fully saturated rings. The number of nitrogens with zero attached hydrogens (tertiary/aromatic N) is 4. The minimum absolute atomic E-state index is 0.192. The zero-order valence-corrected chi connectivity index (χ0v) is 18.7. The van der Waals surface area contributed by atoms with Gasteiger partial charge in [0.1, 0.15) is 5.82 Å². The largest absolute Gasteiger partial charge is 0.356 e. The average Bonchev–Trinajstić information content (AvgIpc) is 3.37. The van der Waals surface area contributed by atoms with E-state index in [-0.39, 0.29) is 11.7 Å². The number of carbonyl (C=O) groups is 1. The fourth-order valence-electron chi connectivity index (χ4n) is 5.34. The van der Waals surface area contributed by atoms with Crippen LogP contribution < -0.4 is 0 Å². The lowest BCUT2D eigenvalue weighted by Gasteiger charge is -2.31. The molecule has 0 radical (unpaired) electrons. The van der Waals surface area contributed by atoms with Gasteiger partial charge >= 0.3 is 0 Å². The molecule has 1 amide bonds. The Morgan fingerprint density at radius 3 is 2.81 bits per heavy atom. The van der Waals surface area contributed by atoms with Crippen LogP contribution in [0.25, 0.3) is 11.0 Å². The number of hydrogen-bond donors (Lipinski definition) is 0. The van der Waals surface area contributed by atoms with Gasteiger partial charge in [-0.2, -0.15) is 0 Å². The molecule has 0 N–H and O–H groups in total. The third kappa shape index (κ3) is 4.06. The molecule has 0 atom stereocenters. The summed E-state index contributed by atoms with van der Waals surface area (Å²) in [5.74, 6) is 0.251. The number of benzene rings is 1. The average molecular weight is 439 g/mol. The second-order valence-corrected chi connectivity index (χ2v) is 9.04. The van der Waals surface area contributed by atoms with Gasteiger partial charge in [-0.25, -0.2) is 4.39 Å². The van der Waals surface area contributed by atoms with Gasteiger partial charge in [-0.15, -0.1) is 0 Å². The molecule has 4 heterocycles. The summed E-state index contributed by atoms with van der Waals surface area (Å²) in [7, 11) is 0. The van der Waals surface area contributed by atoms with Crippen molar-refractivity contribution in [3.8, 4) is 0 Å². The summed E-state index contributed by atoms with van der Waals surface area (Å²) < 4.78 is 21.0. The van der Waals surface area contributed by atoms with Crippen molar-refractivity contribution in [3.63, 3.8) is 0 Å². The number of carbonyl (C=O) groups excluding carboxylic acids is 1. The zero-order chi connectivity index (χ0) is 22.1. The molecule has 170 valence electrons. The lowest BCUT2D eigenvalue weighted by Crippen LogP contribution is -2.37. The van der Waals surface area contributed by atoms with Gasteiger partial charge in [0, 0.05) is 48.9 Å². The molecule has 2 aliphatic heterocycles. The van der Waals surface area contributed by atoms with Crippen LogP contribution in [0.4, 0.5) is 4.39 Å². The first-order valence-electron chi connectivity index (χ1n) is 11.9. The van der Waals surface area contributed by atoms with E-state index >= 15 is 0 Å². The maximum Gasteiger partial charge on any atom is 0.255 e. The van der Waals surface area contributed by atoms with Crippen LogP contribution in [-0.4, -0.2) is 58.2 Å². The van der Waals surface area contributed by atoms with Crippen molar-refractivity contribution >= 4 is 16.9 Å². The monoisotopic (exact) mass is 438 g/mol. The number of aromatic nitrogens is 2. The SMILES string of the molecule is CCn1ccc2c1CCCN(CCCN1CCC(c3noc4cc(F)ccc34)CC1)C2=O. The Morgan fingerprint density at radius 2 is 2.00 bits per heavy atom. The van der Waals surface area contributed by atoms with E-state index in [4.69, 9.17) is 4.52 Å². The molecule has 6 nitrogen and oxygen atoms in total. The highest BCUT2D eigenvalue weighted by molar-refractivity contribution is 5.95. The van der Waals surface area contributed by atoms with E-state index in [9.17, 15) is 9.18 Å². The molecule has 3 aromatic rings. The first-order valence-corrected chi connectivity index (χ1v) is 11.9. The number of piperidine rings is 1. The van der Waals surface area contributed by atoms with Crippen LogP contribution >= 0.6 is 0 Å². The lowest BCUT2D eigenvalue weighted by molar-refractivity contribution is 0.0751. The van der Waals surface area contributed by atoms with E-state index in [0.717, 1.165) is 88.0 Å². The van der Waals surface area contributed by atoms with Crippen LogP contribution in [0.2, 0.25) is 0 Å². The van der Waals surface area contributed by atoms with Crippen molar-refractivity contribution in [2.24, 2.45) is 0 Å². The first kappa shape index (κ1) is 21.2. The van der Waals surface area contributed by atoms with Crippen molar-refractivity contribution < 1.29 is 13.7 Å². The standard InChI is InChI=1S/C25H31FN4O2/c1-2-29-16-10-20-22(29)5-3-12-30(25(20)31)13-4-11-28-14-8-18(9-15-28)24-21-7-6-19(26)17-23(21)32-27-24/h6-7,10,16-18H,2-5,8-9,11-15H2,1H3. The topological polar surface area (TPSA) is 54.5 Å². The van der Waals surface area contributed by atoms with E-state index in [0.29, 0.717) is 11.5 Å². The van der Waals surface area contributed by atoms with Crippen molar-refractivity contribution in [2.45, 2.75) is 51.5 Å². The number of halogens is 1. The van der Waals surface area contributed by atoms with Gasteiger partial charge in [-0.1, -0.05) is 5.16 Å². The van der Waals surface area contributed by atoms with Gasteiger partial charge in [0.2, 0.25) is 0 Å². The van der Waals surface area contributed by atoms with E-state index < -0.39 is 0 Å². The number of hydrogen-bond acceptors (Lipinski definition) is 4. The summed E-state index contributed by atoms with van der Waals surface area (Å²) >= 11 is 0. The van der Waals surface area contributed by atoms with Gasteiger partial charge in [0.05, 0.1) is 11.3 Å². The second kappa shape index (κ2) is 9.06. The predicted molar refractivity (Wildman–Crippen MR) is 121 cm³/mol. The fraction of sp³-hybridized carbons (Fsp3) is 0.520. The van der Waals surface area contributed by atoms with E-state index in [1.807, 2.05) is 17.2 Å². The van der Waals surface area contributed by atoms with Crippen LogP contribution in [0.3, 0.4) is 0 Å². The molecule has 1 aromatic carbocycles. The van der Waals surface area contributed by atoms with Crippen LogP contribution in [0.5, 0.6) is 0 Å². The molecule has 7 heteroatoms. The Bertz CT molecular complexity index is 1100. The lowest BCUT2D eigenvalue weighted by atomic mass is 9.91. The smallest absolute Gasteiger partial charge is 0.255 e. The van der Waals surface area contributed by atoms with Gasteiger partial charge in [0.15, 0.2) is 5.58 Å². The van der Waals surface area contributed by atoms with Crippen LogP contribution in [0.1, 0.15) is 60.3 Å². The second-order valence-electron chi connectivity index (χ2n) is 9.04. The molecule has 0 aliphatic carbocycles. The Morgan fingerprint density at radius 1 is 1.16 bits per heavy atom. The third-order valence-electron chi connectivity index (χ3n) is 7.12. The fourth-order valence-corrected chi connectivity index (χ4v) is 5.34. The van der Waals surface area contributed by atoms with Crippen molar-refractivity contribution in [1.82, 2.24) is 19.5 Å². The molecular formula is C25H31FN4O2. The van der Waals surface area contributed by atoms with Crippen molar-refractivity contribution in [3.05, 3.63) is 53.2 Å². The summed E-state index contributed by atoms with van der Waals surface area (Å²) in [5, 5.41) is 5.18. The summed E-state index contributed by atoms with van der Waals surface area (Å²) in [6, 6.07) is 6.65. The number of aryl methyl sites for hydroxylation is 1. The highest BCUT2D eigenvalue weighted by Gasteiger charge is 2.27. The maximum absolute atomic E-state index is 13.4. The summed E-state index contributed by atoms with van der Waals surface area (Å²) in [4.78, 5) is 17.5. The predicted octanol–water partition coefficient (Wildman–Crippen LogP) is 4.45. The van der Waals surface area contributed by atoms with Gasteiger partial charge in [0.25, 0.3) is 5.91 Å². The molecule has 1 saturated heterocycles. The Hall–Kier alpha value is -2.67. The highest BCUT2D eigenvalue weighted by Crippen LogP contribution is 2.32. The van der Waals surface area contributed by atoms with Gasteiger partial charge in [-0.05, 0) is 76.9 Å². The van der Waals surface area contributed by atoms with Crippen LogP contribution in [0, 0.1) is 5.82 Å². The minimum Gasteiger partial charge on any atom is -0.356 e. The molecule has 0 saturated carbocycles. The first-order chi connectivity index (χ1) is 15.6. The van der Waals surface area contributed by atoms with Crippen LogP contribution in [-0.2, 0) is 13.0 Å². The summed E-state index contributed by atoms with van der Waals surface area (Å²) in [5.41, 5.74) is 3.58. The van der Waals surface area contributed by atoms with Crippen molar-refractivity contribution in [2.75, 3.05) is 32.7 Å². The Balaban J connectivity index is 1.12. The van der Waals surface area contributed by atoms with E-state index in [1.54, 1.807) is 6.07 Å². The van der Waals surface area contributed by atoms with E-state index in [1.165, 1.54) is 17.8 Å². The minimum atomic E-state index is -0.294. The molecule has 2 aliphatic rings. The van der Waals surface area contributed by atoms with Gasteiger partial charge in [-0.3, -0.25) is 4.79 Å². The van der Waals surface area contributed by atoms with Gasteiger partial charge < -0.3 is 18.9 Å². The number of likely N-dealkylation sites (tertiary alicyclic amines) is 1. The normalized spacial score (nSPS) is 18.3. The molecule has 0 bridgehead atoms. The number of fused-ring (bicyclic) bond motifs is 2. The van der Waals surface area contributed by atoms with Crippen LogP contribution in [0.15, 0.2) is 35.0 Å². The number of rotatable bonds is 6. The maximum atomic E-state index is 13.4. The quantitative estimate of drug-likeness (QED) is 0.571. The Kier molecular flexibility index (Phi) is 6.00. The van der Waals surface area contributed by atoms with E-state index in [2.05, 4.69) is 21.5 Å². The highest BCUT2D eigenvalue weighted by atomic mass is 19.1. The molecule has 0 unspecified atom stereocenters. The molecular weight excluding hydrogens is 407 g/mol. The molecule has 0 spiro atoms.